The molecule has 0 N–H and O–H groups in total. The van der Waals surface area contributed by atoms with Crippen LogP contribution in [0.4, 0.5) is 4.39 Å². The Balaban J connectivity index is 1.95. The van der Waals surface area contributed by atoms with Gasteiger partial charge in [0.1, 0.15) is 11.7 Å². The Labute approximate surface area is 129 Å². The summed E-state index contributed by atoms with van der Waals surface area (Å²) in [7, 11) is 0. The van der Waals surface area contributed by atoms with Gasteiger partial charge in [0.2, 0.25) is 5.91 Å². The Morgan fingerprint density at radius 1 is 1.05 bits per heavy atom. The largest absolute Gasteiger partial charge is 0.342 e. The minimum Gasteiger partial charge on any atom is -0.342 e. The molecule has 3 rings (SSSR count). The SMILES string of the molecule is O=C(C(c1ccc(F)cc1)c1ccccn1)N1CCCCC1. The Kier molecular flexibility index (Phi) is 4.47. The number of nitrogens with zero attached hydrogens (tertiary/aromatic N) is 2. The van der Waals surface area contributed by atoms with Gasteiger partial charge in [-0.15, -0.1) is 0 Å². The quantitative estimate of drug-likeness (QED) is 0.870. The van der Waals surface area contributed by atoms with Crippen LogP contribution in [0.3, 0.4) is 0 Å². The van der Waals surface area contributed by atoms with Crippen molar-refractivity contribution >= 4 is 5.91 Å². The lowest BCUT2D eigenvalue weighted by atomic mass is 9.92. The molecule has 1 saturated heterocycles. The second-order valence-electron chi connectivity index (χ2n) is 5.63. The number of benzene rings is 1. The highest BCUT2D eigenvalue weighted by Crippen LogP contribution is 2.27. The third-order valence-corrected chi connectivity index (χ3v) is 4.10. The molecule has 1 aliphatic rings. The number of pyridine rings is 1. The van der Waals surface area contributed by atoms with E-state index >= 15 is 0 Å². The van der Waals surface area contributed by atoms with Crippen LogP contribution in [-0.2, 0) is 4.79 Å². The molecule has 0 aliphatic carbocycles. The van der Waals surface area contributed by atoms with E-state index in [2.05, 4.69) is 4.98 Å². The maximum Gasteiger partial charge on any atom is 0.236 e. The first kappa shape index (κ1) is 14.7. The first-order chi connectivity index (χ1) is 10.8. The molecule has 22 heavy (non-hydrogen) atoms. The van der Waals surface area contributed by atoms with Crippen molar-refractivity contribution in [3.63, 3.8) is 0 Å². The average molecular weight is 298 g/mol. The summed E-state index contributed by atoms with van der Waals surface area (Å²) >= 11 is 0. The molecule has 1 atom stereocenters. The fourth-order valence-corrected chi connectivity index (χ4v) is 2.94. The predicted molar refractivity (Wildman–Crippen MR) is 82.9 cm³/mol. The number of carbonyl (C=O) groups excluding carboxylic acids is 1. The molecule has 1 aromatic carbocycles. The van der Waals surface area contributed by atoms with E-state index in [0.29, 0.717) is 5.69 Å². The van der Waals surface area contributed by atoms with Gasteiger partial charge < -0.3 is 4.90 Å². The molecular weight excluding hydrogens is 279 g/mol. The summed E-state index contributed by atoms with van der Waals surface area (Å²) in [5.41, 5.74) is 1.50. The van der Waals surface area contributed by atoms with Crippen LogP contribution in [-0.4, -0.2) is 28.9 Å². The third kappa shape index (κ3) is 3.16. The van der Waals surface area contributed by atoms with Gasteiger partial charge in [0.25, 0.3) is 0 Å². The lowest BCUT2D eigenvalue weighted by molar-refractivity contribution is -0.132. The van der Waals surface area contributed by atoms with E-state index in [-0.39, 0.29) is 11.7 Å². The molecule has 1 fully saturated rings. The van der Waals surface area contributed by atoms with Crippen LogP contribution in [0.2, 0.25) is 0 Å². The summed E-state index contributed by atoms with van der Waals surface area (Å²) in [6.45, 7) is 1.59. The van der Waals surface area contributed by atoms with Crippen LogP contribution in [0.5, 0.6) is 0 Å². The minimum atomic E-state index is -0.458. The standard InChI is InChI=1S/C18H19FN2O/c19-15-9-7-14(8-10-15)17(16-6-2-3-11-20-16)18(22)21-12-4-1-5-13-21/h2-3,6-11,17H,1,4-5,12-13H2. The highest BCUT2D eigenvalue weighted by molar-refractivity contribution is 5.86. The van der Waals surface area contributed by atoms with E-state index in [9.17, 15) is 9.18 Å². The highest BCUT2D eigenvalue weighted by atomic mass is 19.1. The summed E-state index contributed by atoms with van der Waals surface area (Å²) in [5, 5.41) is 0. The van der Waals surface area contributed by atoms with Gasteiger partial charge in [-0.25, -0.2) is 4.39 Å². The number of aromatic nitrogens is 1. The van der Waals surface area contributed by atoms with Crippen LogP contribution in [0.15, 0.2) is 48.7 Å². The zero-order valence-corrected chi connectivity index (χ0v) is 12.4. The van der Waals surface area contributed by atoms with Crippen molar-refractivity contribution in [2.75, 3.05) is 13.1 Å². The lowest BCUT2D eigenvalue weighted by Gasteiger charge is -2.30. The lowest BCUT2D eigenvalue weighted by Crippen LogP contribution is -2.39. The monoisotopic (exact) mass is 298 g/mol. The van der Waals surface area contributed by atoms with Gasteiger partial charge in [0, 0.05) is 19.3 Å². The Hall–Kier alpha value is -2.23. The summed E-state index contributed by atoms with van der Waals surface area (Å²) < 4.78 is 13.2. The number of hydrogen-bond acceptors (Lipinski definition) is 2. The molecule has 0 radical (unpaired) electrons. The molecule has 114 valence electrons. The predicted octanol–water partition coefficient (Wildman–Crippen LogP) is 3.37. The molecule has 1 aliphatic heterocycles. The fraction of sp³-hybridized carbons (Fsp3) is 0.333. The molecule has 1 unspecified atom stereocenters. The molecule has 3 nitrogen and oxygen atoms in total. The number of likely N-dealkylation sites (tertiary alicyclic amines) is 1. The Morgan fingerprint density at radius 2 is 1.77 bits per heavy atom. The van der Waals surface area contributed by atoms with E-state index in [1.165, 1.54) is 18.6 Å². The Morgan fingerprint density at radius 3 is 2.41 bits per heavy atom. The summed E-state index contributed by atoms with van der Waals surface area (Å²) in [5.74, 6) is -0.696. The van der Waals surface area contributed by atoms with Gasteiger partial charge >= 0.3 is 0 Å². The smallest absolute Gasteiger partial charge is 0.236 e. The van der Waals surface area contributed by atoms with Crippen molar-refractivity contribution in [3.05, 3.63) is 65.7 Å². The maximum absolute atomic E-state index is 13.2. The first-order valence-electron chi connectivity index (χ1n) is 7.71. The van der Waals surface area contributed by atoms with Crippen molar-refractivity contribution in [3.8, 4) is 0 Å². The van der Waals surface area contributed by atoms with E-state index in [1.807, 2.05) is 23.1 Å². The number of hydrogen-bond donors (Lipinski definition) is 0. The zero-order valence-electron chi connectivity index (χ0n) is 12.4. The van der Waals surface area contributed by atoms with Crippen LogP contribution in [0.1, 0.15) is 36.4 Å². The Bertz CT molecular complexity index is 621. The fourth-order valence-electron chi connectivity index (χ4n) is 2.94. The number of halogens is 1. The number of amides is 1. The maximum atomic E-state index is 13.2. The molecule has 0 saturated carbocycles. The molecule has 0 bridgehead atoms. The van der Waals surface area contributed by atoms with Gasteiger partial charge in [-0.2, -0.15) is 0 Å². The van der Waals surface area contributed by atoms with E-state index in [0.717, 1.165) is 31.5 Å². The van der Waals surface area contributed by atoms with Crippen LogP contribution < -0.4 is 0 Å². The number of carbonyl (C=O) groups is 1. The molecule has 2 aromatic rings. The van der Waals surface area contributed by atoms with Crippen molar-refractivity contribution < 1.29 is 9.18 Å². The minimum absolute atomic E-state index is 0.0602. The van der Waals surface area contributed by atoms with Crippen molar-refractivity contribution in [1.29, 1.82) is 0 Å². The summed E-state index contributed by atoms with van der Waals surface area (Å²) in [6.07, 6.45) is 4.96. The molecule has 1 aromatic heterocycles. The molecule has 1 amide bonds. The van der Waals surface area contributed by atoms with Crippen molar-refractivity contribution in [1.82, 2.24) is 9.88 Å². The molecule has 2 heterocycles. The van der Waals surface area contributed by atoms with Crippen molar-refractivity contribution in [2.45, 2.75) is 25.2 Å². The van der Waals surface area contributed by atoms with Crippen LogP contribution in [0, 0.1) is 5.82 Å². The normalized spacial score (nSPS) is 16.3. The first-order valence-corrected chi connectivity index (χ1v) is 7.71. The molecular formula is C18H19FN2O. The van der Waals surface area contributed by atoms with E-state index in [1.54, 1.807) is 18.3 Å². The number of rotatable bonds is 3. The van der Waals surface area contributed by atoms with Gasteiger partial charge in [-0.3, -0.25) is 9.78 Å². The number of piperidine rings is 1. The van der Waals surface area contributed by atoms with E-state index in [4.69, 9.17) is 0 Å². The van der Waals surface area contributed by atoms with Gasteiger partial charge in [0.05, 0.1) is 5.69 Å². The second kappa shape index (κ2) is 6.69. The highest BCUT2D eigenvalue weighted by Gasteiger charge is 2.29. The van der Waals surface area contributed by atoms with E-state index < -0.39 is 5.92 Å². The topological polar surface area (TPSA) is 33.2 Å². The van der Waals surface area contributed by atoms with Crippen LogP contribution >= 0.6 is 0 Å². The average Bonchev–Trinajstić information content (AvgIpc) is 2.58. The third-order valence-electron chi connectivity index (χ3n) is 4.10. The molecule has 0 spiro atoms. The summed E-state index contributed by atoms with van der Waals surface area (Å²) in [6, 6.07) is 11.7. The van der Waals surface area contributed by atoms with Gasteiger partial charge in [-0.1, -0.05) is 18.2 Å². The zero-order chi connectivity index (χ0) is 15.4. The second-order valence-corrected chi connectivity index (χ2v) is 5.63. The van der Waals surface area contributed by atoms with Crippen LogP contribution in [0.25, 0.3) is 0 Å². The van der Waals surface area contributed by atoms with Gasteiger partial charge in [-0.05, 0) is 49.1 Å². The molecule has 4 heteroatoms. The van der Waals surface area contributed by atoms with Gasteiger partial charge in [0.15, 0.2) is 0 Å². The van der Waals surface area contributed by atoms with Crippen molar-refractivity contribution in [2.24, 2.45) is 0 Å². The summed E-state index contributed by atoms with van der Waals surface area (Å²) in [4.78, 5) is 19.2.